The van der Waals surface area contributed by atoms with Crippen molar-refractivity contribution < 1.29 is 14.0 Å². The molecule has 1 heterocycles. The van der Waals surface area contributed by atoms with Gasteiger partial charge in [-0.3, -0.25) is 9.59 Å². The Labute approximate surface area is 140 Å². The topological polar surface area (TPSA) is 49.4 Å². The molecule has 1 N–H and O–H groups in total. The van der Waals surface area contributed by atoms with E-state index in [2.05, 4.69) is 5.32 Å². The van der Waals surface area contributed by atoms with Gasteiger partial charge >= 0.3 is 0 Å². The molecule has 0 aliphatic carbocycles. The van der Waals surface area contributed by atoms with Crippen molar-refractivity contribution in [2.24, 2.45) is 0 Å². The first-order valence-electron chi connectivity index (χ1n) is 7.93. The average Bonchev–Trinajstić information content (AvgIpc) is 2.59. The van der Waals surface area contributed by atoms with Gasteiger partial charge in [0, 0.05) is 20.0 Å². The lowest BCUT2D eigenvalue weighted by Crippen LogP contribution is -2.46. The van der Waals surface area contributed by atoms with Gasteiger partial charge in [-0.25, -0.2) is 4.39 Å². The number of rotatable bonds is 3. The fourth-order valence-corrected chi connectivity index (χ4v) is 3.08. The molecule has 0 saturated heterocycles. The van der Waals surface area contributed by atoms with Crippen LogP contribution in [0.15, 0.2) is 48.5 Å². The van der Waals surface area contributed by atoms with E-state index in [1.807, 2.05) is 24.3 Å². The zero-order valence-corrected chi connectivity index (χ0v) is 13.5. The molecule has 0 spiro atoms. The number of hydrogen-bond acceptors (Lipinski definition) is 2. The van der Waals surface area contributed by atoms with Crippen LogP contribution in [0.4, 0.5) is 4.39 Å². The number of nitrogens with one attached hydrogen (secondary N) is 1. The second-order valence-electron chi connectivity index (χ2n) is 5.91. The van der Waals surface area contributed by atoms with Gasteiger partial charge in [0.15, 0.2) is 0 Å². The summed E-state index contributed by atoms with van der Waals surface area (Å²) in [7, 11) is 0. The Balaban J connectivity index is 1.80. The summed E-state index contributed by atoms with van der Waals surface area (Å²) in [4.78, 5) is 26.3. The molecule has 1 aliphatic heterocycles. The Morgan fingerprint density at radius 1 is 1.17 bits per heavy atom. The van der Waals surface area contributed by atoms with Crippen molar-refractivity contribution in [3.63, 3.8) is 0 Å². The summed E-state index contributed by atoms with van der Waals surface area (Å²) in [5.41, 5.74) is 2.77. The van der Waals surface area contributed by atoms with Crippen molar-refractivity contribution in [3.8, 4) is 0 Å². The largest absolute Gasteiger partial charge is 0.350 e. The van der Waals surface area contributed by atoms with Gasteiger partial charge in [0.2, 0.25) is 11.8 Å². The van der Waals surface area contributed by atoms with Crippen molar-refractivity contribution in [1.82, 2.24) is 10.2 Å². The molecule has 0 aromatic heterocycles. The highest BCUT2D eigenvalue weighted by Gasteiger charge is 2.34. The summed E-state index contributed by atoms with van der Waals surface area (Å²) >= 11 is 0. The molecule has 24 heavy (non-hydrogen) atoms. The standard InChI is InChI=1S/C19H19FN2O2/c1-13(23)22-11-10-15-4-2-3-5-17(15)18(22)19(24)21-12-14-6-8-16(20)9-7-14/h2-9,18H,10-12H2,1H3,(H,21,24). The van der Waals surface area contributed by atoms with Gasteiger partial charge < -0.3 is 10.2 Å². The lowest BCUT2D eigenvalue weighted by atomic mass is 9.92. The average molecular weight is 326 g/mol. The van der Waals surface area contributed by atoms with Crippen LogP contribution in [0.25, 0.3) is 0 Å². The van der Waals surface area contributed by atoms with Crippen molar-refractivity contribution in [3.05, 3.63) is 71.0 Å². The van der Waals surface area contributed by atoms with E-state index in [9.17, 15) is 14.0 Å². The van der Waals surface area contributed by atoms with Gasteiger partial charge in [0.05, 0.1) is 0 Å². The zero-order chi connectivity index (χ0) is 17.1. The molecule has 2 aromatic rings. The van der Waals surface area contributed by atoms with E-state index in [0.717, 1.165) is 23.1 Å². The highest BCUT2D eigenvalue weighted by Crippen LogP contribution is 2.30. The molecule has 5 heteroatoms. The van der Waals surface area contributed by atoms with Gasteiger partial charge in [-0.1, -0.05) is 36.4 Å². The van der Waals surface area contributed by atoms with Crippen LogP contribution in [0, 0.1) is 5.82 Å². The Bertz CT molecular complexity index is 758. The Morgan fingerprint density at radius 3 is 2.58 bits per heavy atom. The Kier molecular flexibility index (Phi) is 4.60. The minimum Gasteiger partial charge on any atom is -0.350 e. The molecule has 1 unspecified atom stereocenters. The number of amides is 2. The minimum absolute atomic E-state index is 0.119. The quantitative estimate of drug-likeness (QED) is 0.942. The van der Waals surface area contributed by atoms with E-state index in [1.54, 1.807) is 17.0 Å². The first-order valence-corrected chi connectivity index (χ1v) is 7.93. The highest BCUT2D eigenvalue weighted by atomic mass is 19.1. The lowest BCUT2D eigenvalue weighted by Gasteiger charge is -2.35. The normalized spacial score (nSPS) is 16.4. The van der Waals surface area contributed by atoms with Crippen molar-refractivity contribution in [2.75, 3.05) is 6.54 Å². The zero-order valence-electron chi connectivity index (χ0n) is 13.5. The summed E-state index contributed by atoms with van der Waals surface area (Å²) in [6, 6.07) is 13.1. The second kappa shape index (κ2) is 6.83. The third-order valence-electron chi connectivity index (χ3n) is 4.32. The van der Waals surface area contributed by atoms with Crippen LogP contribution in [-0.4, -0.2) is 23.3 Å². The first kappa shape index (κ1) is 16.2. The maximum absolute atomic E-state index is 13.0. The molecule has 3 rings (SSSR count). The van der Waals surface area contributed by atoms with E-state index in [1.165, 1.54) is 19.1 Å². The van der Waals surface area contributed by atoms with E-state index < -0.39 is 6.04 Å². The monoisotopic (exact) mass is 326 g/mol. The predicted molar refractivity (Wildman–Crippen MR) is 88.5 cm³/mol. The molecular weight excluding hydrogens is 307 g/mol. The maximum Gasteiger partial charge on any atom is 0.247 e. The third kappa shape index (κ3) is 3.30. The summed E-state index contributed by atoms with van der Waals surface area (Å²) in [5, 5.41) is 2.86. The molecular formula is C19H19FN2O2. The first-order chi connectivity index (χ1) is 11.6. The van der Waals surface area contributed by atoms with E-state index in [-0.39, 0.29) is 17.6 Å². The predicted octanol–water partition coefficient (Wildman–Crippen LogP) is 2.59. The number of hydrogen-bond donors (Lipinski definition) is 1. The molecule has 2 amide bonds. The maximum atomic E-state index is 13.0. The number of fused-ring (bicyclic) bond motifs is 1. The smallest absolute Gasteiger partial charge is 0.247 e. The van der Waals surface area contributed by atoms with Crippen LogP contribution in [0.5, 0.6) is 0 Å². The molecule has 1 aliphatic rings. The fraction of sp³-hybridized carbons (Fsp3) is 0.263. The molecule has 0 radical (unpaired) electrons. The number of nitrogens with zero attached hydrogens (tertiary/aromatic N) is 1. The van der Waals surface area contributed by atoms with Crippen LogP contribution in [0.1, 0.15) is 29.7 Å². The van der Waals surface area contributed by atoms with Crippen LogP contribution in [-0.2, 0) is 22.6 Å². The minimum atomic E-state index is -0.618. The Hall–Kier alpha value is -2.69. The number of carbonyl (C=O) groups is 2. The highest BCUT2D eigenvalue weighted by molar-refractivity contribution is 5.88. The van der Waals surface area contributed by atoms with Gasteiger partial charge in [-0.05, 0) is 35.2 Å². The Morgan fingerprint density at radius 2 is 1.88 bits per heavy atom. The van der Waals surface area contributed by atoms with Crippen molar-refractivity contribution >= 4 is 11.8 Å². The third-order valence-corrected chi connectivity index (χ3v) is 4.32. The SMILES string of the molecule is CC(=O)N1CCc2ccccc2C1C(=O)NCc1ccc(F)cc1. The second-order valence-corrected chi connectivity index (χ2v) is 5.91. The van der Waals surface area contributed by atoms with Gasteiger partial charge in [-0.15, -0.1) is 0 Å². The molecule has 1 atom stereocenters. The molecule has 124 valence electrons. The van der Waals surface area contributed by atoms with E-state index in [0.29, 0.717) is 13.1 Å². The van der Waals surface area contributed by atoms with Crippen molar-refractivity contribution in [2.45, 2.75) is 25.9 Å². The van der Waals surface area contributed by atoms with E-state index >= 15 is 0 Å². The van der Waals surface area contributed by atoms with Crippen LogP contribution in [0.3, 0.4) is 0 Å². The summed E-state index contributed by atoms with van der Waals surface area (Å²) in [5.74, 6) is -0.651. The lowest BCUT2D eigenvalue weighted by molar-refractivity contribution is -0.139. The number of halogens is 1. The fourth-order valence-electron chi connectivity index (χ4n) is 3.08. The molecule has 4 nitrogen and oxygen atoms in total. The molecule has 0 saturated carbocycles. The number of benzene rings is 2. The number of carbonyl (C=O) groups excluding carboxylic acids is 2. The van der Waals surface area contributed by atoms with Crippen LogP contribution in [0.2, 0.25) is 0 Å². The van der Waals surface area contributed by atoms with Crippen LogP contribution < -0.4 is 5.32 Å². The van der Waals surface area contributed by atoms with E-state index in [4.69, 9.17) is 0 Å². The summed E-state index contributed by atoms with van der Waals surface area (Å²) in [6.45, 7) is 2.30. The summed E-state index contributed by atoms with van der Waals surface area (Å²) in [6.07, 6.45) is 0.748. The molecule has 0 bridgehead atoms. The summed E-state index contributed by atoms with van der Waals surface area (Å²) < 4.78 is 13.0. The van der Waals surface area contributed by atoms with Gasteiger partial charge in [-0.2, -0.15) is 0 Å². The molecule has 0 fully saturated rings. The van der Waals surface area contributed by atoms with Gasteiger partial charge in [0.25, 0.3) is 0 Å². The van der Waals surface area contributed by atoms with Crippen LogP contribution >= 0.6 is 0 Å². The molecule has 2 aromatic carbocycles. The van der Waals surface area contributed by atoms with Gasteiger partial charge in [0.1, 0.15) is 11.9 Å². The van der Waals surface area contributed by atoms with Crippen molar-refractivity contribution in [1.29, 1.82) is 0 Å².